The lowest BCUT2D eigenvalue weighted by Crippen LogP contribution is -2.28. The second kappa shape index (κ2) is 9.51. The highest BCUT2D eigenvalue weighted by Crippen LogP contribution is 2.35. The first-order valence-electron chi connectivity index (χ1n) is 10.5. The minimum atomic E-state index is -0.430. The Morgan fingerprint density at radius 2 is 1.77 bits per heavy atom. The van der Waals surface area contributed by atoms with Gasteiger partial charge in [-0.05, 0) is 55.9 Å². The van der Waals surface area contributed by atoms with Crippen molar-refractivity contribution in [3.8, 4) is 5.88 Å². The van der Waals surface area contributed by atoms with Crippen molar-refractivity contribution >= 4 is 11.5 Å². The molecule has 1 aromatic carbocycles. The summed E-state index contributed by atoms with van der Waals surface area (Å²) in [7, 11) is 0. The molecule has 31 heavy (non-hydrogen) atoms. The molecule has 0 amide bonds. The van der Waals surface area contributed by atoms with Gasteiger partial charge in [-0.25, -0.2) is 4.98 Å². The zero-order valence-corrected chi connectivity index (χ0v) is 17.5. The minimum Gasteiger partial charge on any atom is -0.473 e. The first-order valence-corrected chi connectivity index (χ1v) is 10.5. The highest BCUT2D eigenvalue weighted by atomic mass is 16.6. The Bertz CT molecular complexity index is 1030. The average Bonchev–Trinajstić information content (AvgIpc) is 2.99. The maximum Gasteiger partial charge on any atom is 0.372 e. The van der Waals surface area contributed by atoms with Crippen molar-refractivity contribution < 1.29 is 9.66 Å². The number of anilines is 1. The number of rotatable bonds is 7. The smallest absolute Gasteiger partial charge is 0.372 e. The molecule has 160 valence electrons. The molecule has 8 heteroatoms. The molecule has 0 saturated carbocycles. The first-order chi connectivity index (χ1) is 15.1. The second-order valence-corrected chi connectivity index (χ2v) is 7.53. The maximum atomic E-state index is 12.0. The van der Waals surface area contributed by atoms with Crippen molar-refractivity contribution in [2.24, 2.45) is 0 Å². The summed E-state index contributed by atoms with van der Waals surface area (Å²) in [6, 6.07) is 14.1. The van der Waals surface area contributed by atoms with Crippen molar-refractivity contribution in [1.29, 1.82) is 0 Å². The Labute approximate surface area is 181 Å². The summed E-state index contributed by atoms with van der Waals surface area (Å²) < 4.78 is 5.78. The number of aromatic nitrogens is 3. The number of aryl methyl sites for hydroxylation is 2. The van der Waals surface area contributed by atoms with Crippen LogP contribution in [0.4, 0.5) is 11.5 Å². The number of fused-ring (bicyclic) bond motifs is 1. The molecular formula is C23H25N5O3. The molecule has 4 rings (SSSR count). The van der Waals surface area contributed by atoms with Crippen LogP contribution in [0.3, 0.4) is 0 Å². The summed E-state index contributed by atoms with van der Waals surface area (Å²) in [6.45, 7) is 3.38. The summed E-state index contributed by atoms with van der Waals surface area (Å²) >= 11 is 0. The van der Waals surface area contributed by atoms with Gasteiger partial charge in [0.2, 0.25) is 5.82 Å². The summed E-state index contributed by atoms with van der Waals surface area (Å²) in [4.78, 5) is 26.5. The summed E-state index contributed by atoms with van der Waals surface area (Å²) in [5, 5.41) is 12.0. The molecule has 0 fully saturated rings. The molecule has 0 aliphatic carbocycles. The van der Waals surface area contributed by atoms with Gasteiger partial charge in [-0.2, -0.15) is 4.98 Å². The molecule has 1 aliphatic heterocycles. The number of nitrogens with zero attached hydrogens (tertiary/aromatic N) is 5. The van der Waals surface area contributed by atoms with Crippen molar-refractivity contribution in [1.82, 2.24) is 15.0 Å². The lowest BCUT2D eigenvalue weighted by molar-refractivity contribution is -0.385. The largest absolute Gasteiger partial charge is 0.473 e. The Morgan fingerprint density at radius 1 is 1.06 bits per heavy atom. The fraction of sp³-hybridized carbons (Fsp3) is 0.348. The standard InChI is InChI=1S/C23H25N5O3/c1-17-25-22(27-14-11-18-7-2-3-8-19(18)12-15-27)21(28(29)30)23(26-17)31-16-6-10-20-9-4-5-13-24-20/h2-5,7-9,13H,6,10-12,14-16H2,1H3. The third-order valence-corrected chi connectivity index (χ3v) is 5.39. The fourth-order valence-corrected chi connectivity index (χ4v) is 3.86. The molecule has 0 unspecified atom stereocenters. The molecule has 0 N–H and O–H groups in total. The van der Waals surface area contributed by atoms with Crippen molar-refractivity contribution in [2.45, 2.75) is 32.6 Å². The first kappa shape index (κ1) is 20.7. The van der Waals surface area contributed by atoms with E-state index >= 15 is 0 Å². The third kappa shape index (κ3) is 4.96. The number of benzene rings is 1. The summed E-state index contributed by atoms with van der Waals surface area (Å²) in [6.07, 6.45) is 4.80. The van der Waals surface area contributed by atoms with E-state index in [4.69, 9.17) is 4.74 Å². The van der Waals surface area contributed by atoms with Gasteiger partial charge >= 0.3 is 5.69 Å². The highest BCUT2D eigenvalue weighted by Gasteiger charge is 2.30. The van der Waals surface area contributed by atoms with Gasteiger partial charge in [0, 0.05) is 25.0 Å². The Morgan fingerprint density at radius 3 is 2.42 bits per heavy atom. The van der Waals surface area contributed by atoms with Crippen LogP contribution in [-0.4, -0.2) is 39.6 Å². The summed E-state index contributed by atoms with van der Waals surface area (Å²) in [5.74, 6) is 0.836. The van der Waals surface area contributed by atoms with Crippen molar-refractivity contribution in [3.05, 3.63) is 81.4 Å². The van der Waals surface area contributed by atoms with Gasteiger partial charge in [0.25, 0.3) is 5.88 Å². The van der Waals surface area contributed by atoms with Crippen LogP contribution in [0.5, 0.6) is 5.88 Å². The van der Waals surface area contributed by atoms with E-state index in [9.17, 15) is 10.1 Å². The van der Waals surface area contributed by atoms with Gasteiger partial charge in [-0.3, -0.25) is 15.1 Å². The van der Waals surface area contributed by atoms with Gasteiger partial charge in [-0.15, -0.1) is 0 Å². The number of pyridine rings is 1. The van der Waals surface area contributed by atoms with E-state index in [1.54, 1.807) is 13.1 Å². The fourth-order valence-electron chi connectivity index (χ4n) is 3.86. The molecule has 0 radical (unpaired) electrons. The number of hydrogen-bond acceptors (Lipinski definition) is 7. The van der Waals surface area contributed by atoms with Gasteiger partial charge < -0.3 is 9.64 Å². The van der Waals surface area contributed by atoms with Crippen LogP contribution in [-0.2, 0) is 19.3 Å². The zero-order valence-electron chi connectivity index (χ0n) is 17.5. The van der Waals surface area contributed by atoms with E-state index in [1.165, 1.54) is 11.1 Å². The predicted molar refractivity (Wildman–Crippen MR) is 118 cm³/mol. The highest BCUT2D eigenvalue weighted by molar-refractivity contribution is 5.63. The van der Waals surface area contributed by atoms with Gasteiger partial charge in [-0.1, -0.05) is 30.3 Å². The molecular weight excluding hydrogens is 394 g/mol. The number of hydrogen-bond donors (Lipinski definition) is 0. The molecule has 0 atom stereocenters. The van der Waals surface area contributed by atoms with E-state index in [2.05, 4.69) is 27.1 Å². The average molecular weight is 419 g/mol. The Balaban J connectivity index is 1.51. The van der Waals surface area contributed by atoms with Crippen LogP contribution < -0.4 is 9.64 Å². The van der Waals surface area contributed by atoms with Gasteiger partial charge in [0.15, 0.2) is 0 Å². The lowest BCUT2D eigenvalue weighted by Gasteiger charge is -2.22. The zero-order chi connectivity index (χ0) is 21.6. The quantitative estimate of drug-likeness (QED) is 0.327. The van der Waals surface area contributed by atoms with E-state index in [0.717, 1.165) is 25.0 Å². The van der Waals surface area contributed by atoms with E-state index in [0.29, 0.717) is 37.8 Å². The van der Waals surface area contributed by atoms with Crippen LogP contribution in [0.15, 0.2) is 48.7 Å². The van der Waals surface area contributed by atoms with Crippen LogP contribution in [0.25, 0.3) is 0 Å². The minimum absolute atomic E-state index is 0.0373. The van der Waals surface area contributed by atoms with Gasteiger partial charge in [0.1, 0.15) is 5.82 Å². The van der Waals surface area contributed by atoms with Crippen molar-refractivity contribution in [3.63, 3.8) is 0 Å². The second-order valence-electron chi connectivity index (χ2n) is 7.53. The number of nitro groups is 1. The molecule has 0 spiro atoms. The van der Waals surface area contributed by atoms with E-state index in [-0.39, 0.29) is 11.6 Å². The summed E-state index contributed by atoms with van der Waals surface area (Å²) in [5.41, 5.74) is 3.37. The molecule has 3 aromatic rings. The Kier molecular flexibility index (Phi) is 6.35. The number of ether oxygens (including phenoxy) is 1. The van der Waals surface area contributed by atoms with Crippen LogP contribution in [0.2, 0.25) is 0 Å². The SMILES string of the molecule is Cc1nc(OCCCc2ccccn2)c([N+](=O)[O-])c(N2CCc3ccccc3CC2)n1. The van der Waals surface area contributed by atoms with E-state index < -0.39 is 4.92 Å². The van der Waals surface area contributed by atoms with Crippen molar-refractivity contribution in [2.75, 3.05) is 24.6 Å². The molecule has 0 saturated heterocycles. The molecule has 3 heterocycles. The van der Waals surface area contributed by atoms with Gasteiger partial charge in [0.05, 0.1) is 11.5 Å². The van der Waals surface area contributed by atoms with E-state index in [1.807, 2.05) is 35.2 Å². The van der Waals surface area contributed by atoms with Crippen LogP contribution >= 0.6 is 0 Å². The Hall–Kier alpha value is -3.55. The molecule has 2 aromatic heterocycles. The van der Waals surface area contributed by atoms with Crippen LogP contribution in [0, 0.1) is 17.0 Å². The predicted octanol–water partition coefficient (Wildman–Crippen LogP) is 3.71. The maximum absolute atomic E-state index is 12.0. The lowest BCUT2D eigenvalue weighted by atomic mass is 10.0. The molecule has 8 nitrogen and oxygen atoms in total. The molecule has 0 bridgehead atoms. The molecule has 1 aliphatic rings. The monoisotopic (exact) mass is 419 g/mol. The third-order valence-electron chi connectivity index (χ3n) is 5.39. The normalized spacial score (nSPS) is 13.4. The van der Waals surface area contributed by atoms with Crippen LogP contribution in [0.1, 0.15) is 29.1 Å². The topological polar surface area (TPSA) is 94.3 Å².